The van der Waals surface area contributed by atoms with Crippen LogP contribution in [0.3, 0.4) is 0 Å². The molecule has 1 N–H and O–H groups in total. The second kappa shape index (κ2) is 7.38. The van der Waals surface area contributed by atoms with Crippen molar-refractivity contribution in [2.45, 2.75) is 19.5 Å². The lowest BCUT2D eigenvalue weighted by Crippen LogP contribution is -2.17. The maximum Gasteiger partial charge on any atom is 0.147 e. The van der Waals surface area contributed by atoms with E-state index in [1.807, 2.05) is 35.3 Å². The van der Waals surface area contributed by atoms with Gasteiger partial charge in [0.2, 0.25) is 0 Å². The largest absolute Gasteiger partial charge is 0.313 e. The smallest absolute Gasteiger partial charge is 0.147 e. The molecule has 0 amide bonds. The van der Waals surface area contributed by atoms with Gasteiger partial charge >= 0.3 is 0 Å². The van der Waals surface area contributed by atoms with Gasteiger partial charge in [0, 0.05) is 24.6 Å². The molecule has 1 aromatic heterocycles. The topological polar surface area (TPSA) is 64.0 Å². The molecule has 5 nitrogen and oxygen atoms in total. The molecule has 0 aliphatic heterocycles. The van der Waals surface area contributed by atoms with E-state index in [2.05, 4.69) is 22.5 Å². The third kappa shape index (κ3) is 6.10. The summed E-state index contributed by atoms with van der Waals surface area (Å²) in [6.07, 6.45) is 5.75. The first-order valence-electron chi connectivity index (χ1n) is 6.97. The predicted octanol–water partition coefficient (Wildman–Crippen LogP) is 1.46. The molecule has 1 heterocycles. The molecule has 0 bridgehead atoms. The highest BCUT2D eigenvalue weighted by Crippen LogP contribution is 2.03. The average molecular weight is 307 g/mol. The van der Waals surface area contributed by atoms with Gasteiger partial charge in [-0.05, 0) is 18.5 Å². The highest BCUT2D eigenvalue weighted by molar-refractivity contribution is 7.90. The molecular formula is C15H21N3O2S. The van der Waals surface area contributed by atoms with Crippen LogP contribution in [0.5, 0.6) is 0 Å². The molecule has 114 valence electrons. The Labute approximate surface area is 125 Å². The first-order valence-corrected chi connectivity index (χ1v) is 9.03. The van der Waals surface area contributed by atoms with Crippen molar-refractivity contribution in [2.75, 3.05) is 18.6 Å². The Kier molecular flexibility index (Phi) is 5.52. The van der Waals surface area contributed by atoms with Gasteiger partial charge in [-0.2, -0.15) is 5.10 Å². The summed E-state index contributed by atoms with van der Waals surface area (Å²) in [5, 5.41) is 7.56. The molecule has 0 unspecified atom stereocenters. The van der Waals surface area contributed by atoms with Gasteiger partial charge in [0.05, 0.1) is 18.5 Å². The lowest BCUT2D eigenvalue weighted by atomic mass is 10.2. The molecule has 0 saturated heterocycles. The molecule has 0 saturated carbocycles. The molecule has 0 aliphatic rings. The van der Waals surface area contributed by atoms with E-state index in [-0.39, 0.29) is 5.75 Å². The Balaban J connectivity index is 1.73. The molecule has 0 fully saturated rings. The third-order valence-electron chi connectivity index (χ3n) is 3.07. The van der Waals surface area contributed by atoms with Crippen LogP contribution in [0.15, 0.2) is 42.7 Å². The average Bonchev–Trinajstić information content (AvgIpc) is 2.86. The van der Waals surface area contributed by atoms with Crippen molar-refractivity contribution in [2.24, 2.45) is 0 Å². The Bertz CT molecular complexity index is 651. The Morgan fingerprint density at radius 2 is 1.95 bits per heavy atom. The number of nitrogens with zero attached hydrogens (tertiary/aromatic N) is 2. The monoisotopic (exact) mass is 307 g/mol. The van der Waals surface area contributed by atoms with Gasteiger partial charge in [0.1, 0.15) is 9.84 Å². The number of hydrogen-bond acceptors (Lipinski definition) is 4. The Hall–Kier alpha value is -1.66. The molecule has 0 aliphatic carbocycles. The summed E-state index contributed by atoms with van der Waals surface area (Å²) in [7, 11) is -2.86. The van der Waals surface area contributed by atoms with E-state index in [4.69, 9.17) is 0 Å². The van der Waals surface area contributed by atoms with Crippen LogP contribution in [-0.2, 0) is 22.9 Å². The number of nitrogens with one attached hydrogen (secondary N) is 1. The standard InChI is InChI=1S/C15H21N3O2S/c1-21(19,20)9-5-8-16-10-15-11-17-18(13-15)12-14-6-3-2-4-7-14/h2-4,6-7,11,13,16H,5,8-10,12H2,1H3. The quantitative estimate of drug-likeness (QED) is 0.750. The van der Waals surface area contributed by atoms with E-state index < -0.39 is 9.84 Å². The Morgan fingerprint density at radius 1 is 1.19 bits per heavy atom. The summed E-state index contributed by atoms with van der Waals surface area (Å²) in [5.74, 6) is 0.229. The van der Waals surface area contributed by atoms with Gasteiger partial charge in [-0.1, -0.05) is 30.3 Å². The Morgan fingerprint density at radius 3 is 2.67 bits per heavy atom. The second-order valence-corrected chi connectivity index (χ2v) is 7.45. The minimum absolute atomic E-state index is 0.229. The minimum atomic E-state index is -2.86. The van der Waals surface area contributed by atoms with Crippen LogP contribution in [-0.4, -0.2) is 36.8 Å². The van der Waals surface area contributed by atoms with Crippen LogP contribution >= 0.6 is 0 Å². The normalized spacial score (nSPS) is 11.7. The van der Waals surface area contributed by atoms with Crippen LogP contribution in [0.25, 0.3) is 0 Å². The van der Waals surface area contributed by atoms with Crippen LogP contribution < -0.4 is 5.32 Å². The summed E-state index contributed by atoms with van der Waals surface area (Å²) in [5.41, 5.74) is 2.32. The van der Waals surface area contributed by atoms with Gasteiger partial charge in [-0.25, -0.2) is 8.42 Å². The van der Waals surface area contributed by atoms with Crippen molar-refractivity contribution in [3.63, 3.8) is 0 Å². The number of aromatic nitrogens is 2. The molecule has 0 atom stereocenters. The molecule has 0 radical (unpaired) electrons. The highest BCUT2D eigenvalue weighted by atomic mass is 32.2. The van der Waals surface area contributed by atoms with E-state index in [9.17, 15) is 8.42 Å². The van der Waals surface area contributed by atoms with Crippen molar-refractivity contribution in [3.8, 4) is 0 Å². The number of benzene rings is 1. The van der Waals surface area contributed by atoms with Crippen LogP contribution in [0.1, 0.15) is 17.5 Å². The molecule has 21 heavy (non-hydrogen) atoms. The summed E-state index contributed by atoms with van der Waals surface area (Å²) in [6.45, 7) is 2.16. The van der Waals surface area contributed by atoms with E-state index in [0.717, 1.165) is 12.1 Å². The fourth-order valence-corrected chi connectivity index (χ4v) is 2.72. The second-order valence-electron chi connectivity index (χ2n) is 5.19. The zero-order chi connectivity index (χ0) is 15.1. The molecule has 6 heteroatoms. The maximum atomic E-state index is 11.0. The van der Waals surface area contributed by atoms with Crippen molar-refractivity contribution >= 4 is 9.84 Å². The number of rotatable bonds is 8. The van der Waals surface area contributed by atoms with Crippen LogP contribution in [0.2, 0.25) is 0 Å². The van der Waals surface area contributed by atoms with Gasteiger partial charge in [-0.15, -0.1) is 0 Å². The minimum Gasteiger partial charge on any atom is -0.313 e. The zero-order valence-corrected chi connectivity index (χ0v) is 13.0. The molecule has 0 spiro atoms. The zero-order valence-electron chi connectivity index (χ0n) is 12.2. The summed E-state index contributed by atoms with van der Waals surface area (Å²) < 4.78 is 23.9. The van der Waals surface area contributed by atoms with E-state index in [1.54, 1.807) is 0 Å². The summed E-state index contributed by atoms with van der Waals surface area (Å²) >= 11 is 0. The predicted molar refractivity (Wildman–Crippen MR) is 83.8 cm³/mol. The number of hydrogen-bond donors (Lipinski definition) is 1. The fourth-order valence-electron chi connectivity index (χ4n) is 2.05. The van der Waals surface area contributed by atoms with E-state index >= 15 is 0 Å². The summed E-state index contributed by atoms with van der Waals surface area (Å²) in [4.78, 5) is 0. The van der Waals surface area contributed by atoms with E-state index in [1.165, 1.54) is 11.8 Å². The maximum absolute atomic E-state index is 11.0. The fraction of sp³-hybridized carbons (Fsp3) is 0.400. The first-order chi connectivity index (χ1) is 10.0. The van der Waals surface area contributed by atoms with Crippen molar-refractivity contribution in [1.29, 1.82) is 0 Å². The van der Waals surface area contributed by atoms with Crippen molar-refractivity contribution in [1.82, 2.24) is 15.1 Å². The van der Waals surface area contributed by atoms with E-state index in [0.29, 0.717) is 19.5 Å². The first kappa shape index (κ1) is 15.7. The third-order valence-corrected chi connectivity index (χ3v) is 4.10. The highest BCUT2D eigenvalue weighted by Gasteiger charge is 2.02. The van der Waals surface area contributed by atoms with Crippen molar-refractivity contribution in [3.05, 3.63) is 53.9 Å². The lowest BCUT2D eigenvalue weighted by Gasteiger charge is -2.02. The van der Waals surface area contributed by atoms with Gasteiger partial charge < -0.3 is 5.32 Å². The lowest BCUT2D eigenvalue weighted by molar-refractivity contribution is 0.594. The molecule has 1 aromatic carbocycles. The van der Waals surface area contributed by atoms with Gasteiger partial charge in [0.15, 0.2) is 0 Å². The van der Waals surface area contributed by atoms with Crippen LogP contribution in [0, 0.1) is 0 Å². The number of sulfone groups is 1. The van der Waals surface area contributed by atoms with Gasteiger partial charge in [-0.3, -0.25) is 4.68 Å². The molecule has 2 aromatic rings. The molecule has 2 rings (SSSR count). The SMILES string of the molecule is CS(=O)(=O)CCCNCc1cnn(Cc2ccccc2)c1. The van der Waals surface area contributed by atoms with Crippen molar-refractivity contribution < 1.29 is 8.42 Å². The van der Waals surface area contributed by atoms with Crippen LogP contribution in [0.4, 0.5) is 0 Å². The molecular weight excluding hydrogens is 286 g/mol. The van der Waals surface area contributed by atoms with Gasteiger partial charge in [0.25, 0.3) is 0 Å². The summed E-state index contributed by atoms with van der Waals surface area (Å²) in [6, 6.07) is 10.2.